The van der Waals surface area contributed by atoms with Gasteiger partial charge in [-0.25, -0.2) is 9.78 Å². The van der Waals surface area contributed by atoms with Crippen LogP contribution < -0.4 is 5.32 Å². The summed E-state index contributed by atoms with van der Waals surface area (Å²) in [6.07, 6.45) is 1.53. The standard InChI is InChI=1S/C18H14N6O3/c25-10-11-3-1-6-14(7-11)24-16-15(22-23-24)9-19-18(21-16)20-13-5-2-4-12(8-13)17(26)27/h1-9,25H,10H2,(H,26,27)(H,19,20,21). The molecule has 0 radical (unpaired) electrons. The van der Waals surface area contributed by atoms with E-state index in [0.29, 0.717) is 22.5 Å². The smallest absolute Gasteiger partial charge is 0.335 e. The number of aliphatic hydroxyl groups is 1. The van der Waals surface area contributed by atoms with Gasteiger partial charge in [-0.15, -0.1) is 5.10 Å². The van der Waals surface area contributed by atoms with Crippen molar-refractivity contribution in [1.82, 2.24) is 25.0 Å². The molecule has 3 N–H and O–H groups in total. The molecule has 0 aliphatic heterocycles. The molecule has 2 aromatic heterocycles. The lowest BCUT2D eigenvalue weighted by Gasteiger charge is -2.07. The van der Waals surface area contributed by atoms with Crippen molar-refractivity contribution < 1.29 is 15.0 Å². The zero-order valence-corrected chi connectivity index (χ0v) is 13.9. The summed E-state index contributed by atoms with van der Waals surface area (Å²) in [6.45, 7) is -0.0812. The second-order valence-electron chi connectivity index (χ2n) is 5.74. The Labute approximate surface area is 152 Å². The number of carbonyl (C=O) groups is 1. The Morgan fingerprint density at radius 2 is 2.00 bits per heavy atom. The molecular weight excluding hydrogens is 348 g/mol. The highest BCUT2D eigenvalue weighted by Crippen LogP contribution is 2.19. The van der Waals surface area contributed by atoms with Gasteiger partial charge in [-0.1, -0.05) is 23.4 Å². The van der Waals surface area contributed by atoms with E-state index in [2.05, 4.69) is 25.6 Å². The van der Waals surface area contributed by atoms with Crippen molar-refractivity contribution in [3.05, 3.63) is 65.9 Å². The van der Waals surface area contributed by atoms with Gasteiger partial charge in [0.25, 0.3) is 0 Å². The molecule has 0 fully saturated rings. The summed E-state index contributed by atoms with van der Waals surface area (Å²) in [4.78, 5) is 19.7. The summed E-state index contributed by atoms with van der Waals surface area (Å²) in [5.41, 5.74) is 3.16. The zero-order valence-electron chi connectivity index (χ0n) is 13.9. The minimum atomic E-state index is -1.01. The quantitative estimate of drug-likeness (QED) is 0.493. The molecule has 27 heavy (non-hydrogen) atoms. The summed E-state index contributed by atoms with van der Waals surface area (Å²) >= 11 is 0. The van der Waals surface area contributed by atoms with Crippen LogP contribution in [-0.4, -0.2) is 41.1 Å². The Bertz CT molecular complexity index is 1140. The van der Waals surface area contributed by atoms with Gasteiger partial charge in [-0.2, -0.15) is 9.67 Å². The van der Waals surface area contributed by atoms with Crippen LogP contribution in [0.5, 0.6) is 0 Å². The van der Waals surface area contributed by atoms with E-state index in [9.17, 15) is 9.90 Å². The van der Waals surface area contributed by atoms with Crippen LogP contribution in [0.15, 0.2) is 54.7 Å². The molecule has 4 rings (SSSR count). The van der Waals surface area contributed by atoms with Crippen LogP contribution in [0.1, 0.15) is 15.9 Å². The summed E-state index contributed by atoms with van der Waals surface area (Å²) in [7, 11) is 0. The highest BCUT2D eigenvalue weighted by molar-refractivity contribution is 5.89. The summed E-state index contributed by atoms with van der Waals surface area (Å²) in [5.74, 6) is -0.729. The molecular formula is C18H14N6O3. The first-order valence-corrected chi connectivity index (χ1v) is 8.03. The predicted molar refractivity (Wildman–Crippen MR) is 97.1 cm³/mol. The molecule has 0 atom stereocenters. The van der Waals surface area contributed by atoms with Gasteiger partial charge in [0.2, 0.25) is 5.95 Å². The number of nitrogens with one attached hydrogen (secondary N) is 1. The van der Waals surface area contributed by atoms with E-state index in [1.54, 1.807) is 28.9 Å². The van der Waals surface area contributed by atoms with Crippen LogP contribution in [0, 0.1) is 0 Å². The molecule has 0 spiro atoms. The number of anilines is 2. The molecule has 0 saturated carbocycles. The fourth-order valence-corrected chi connectivity index (χ4v) is 2.61. The minimum Gasteiger partial charge on any atom is -0.478 e. The van der Waals surface area contributed by atoms with Crippen molar-refractivity contribution in [1.29, 1.82) is 0 Å². The molecule has 0 saturated heterocycles. The molecule has 9 nitrogen and oxygen atoms in total. The first kappa shape index (κ1) is 16.6. The normalized spacial score (nSPS) is 10.9. The van der Waals surface area contributed by atoms with Gasteiger partial charge < -0.3 is 15.5 Å². The molecule has 2 heterocycles. The molecule has 134 valence electrons. The minimum absolute atomic E-state index is 0.0812. The lowest BCUT2D eigenvalue weighted by molar-refractivity contribution is 0.0697. The Kier molecular flexibility index (Phi) is 4.19. The SMILES string of the molecule is O=C(O)c1cccc(Nc2ncc3nnn(-c4cccc(CO)c4)c3n2)c1. The van der Waals surface area contributed by atoms with Gasteiger partial charge in [0.1, 0.15) is 0 Å². The number of carboxylic acids is 1. The van der Waals surface area contributed by atoms with Crippen molar-refractivity contribution in [2.75, 3.05) is 5.32 Å². The van der Waals surface area contributed by atoms with Crippen LogP contribution in [0.2, 0.25) is 0 Å². The van der Waals surface area contributed by atoms with Gasteiger partial charge in [0.05, 0.1) is 24.1 Å². The molecule has 0 aliphatic rings. The topological polar surface area (TPSA) is 126 Å². The maximum atomic E-state index is 11.1. The first-order valence-electron chi connectivity index (χ1n) is 8.03. The van der Waals surface area contributed by atoms with E-state index < -0.39 is 5.97 Å². The van der Waals surface area contributed by atoms with E-state index in [0.717, 1.165) is 5.56 Å². The fourth-order valence-electron chi connectivity index (χ4n) is 2.61. The Hall–Kier alpha value is -3.85. The number of hydrogen-bond acceptors (Lipinski definition) is 7. The molecule has 0 bridgehead atoms. The number of hydrogen-bond donors (Lipinski definition) is 3. The number of carboxylic acid groups (broad SMARTS) is 1. The van der Waals surface area contributed by atoms with Crippen molar-refractivity contribution in [3.8, 4) is 5.69 Å². The molecule has 9 heteroatoms. The molecule has 0 amide bonds. The maximum absolute atomic E-state index is 11.1. The van der Waals surface area contributed by atoms with E-state index in [-0.39, 0.29) is 18.1 Å². The maximum Gasteiger partial charge on any atom is 0.335 e. The number of benzene rings is 2. The van der Waals surface area contributed by atoms with E-state index in [1.807, 2.05) is 12.1 Å². The third-order valence-corrected chi connectivity index (χ3v) is 3.90. The van der Waals surface area contributed by atoms with E-state index in [1.165, 1.54) is 18.3 Å². The van der Waals surface area contributed by atoms with E-state index in [4.69, 9.17) is 5.11 Å². The number of nitrogens with zero attached hydrogens (tertiary/aromatic N) is 5. The first-order chi connectivity index (χ1) is 13.1. The fraction of sp³-hybridized carbons (Fsp3) is 0.0556. The molecule has 4 aromatic rings. The number of aromatic carboxylic acids is 1. The summed E-state index contributed by atoms with van der Waals surface area (Å²) in [6, 6.07) is 13.6. The van der Waals surface area contributed by atoms with E-state index >= 15 is 0 Å². The van der Waals surface area contributed by atoms with Crippen LogP contribution in [0.25, 0.3) is 16.9 Å². The zero-order chi connectivity index (χ0) is 18.8. The van der Waals surface area contributed by atoms with Crippen LogP contribution in [0.3, 0.4) is 0 Å². The second kappa shape index (κ2) is 6.81. The molecule has 2 aromatic carbocycles. The van der Waals surface area contributed by atoms with Crippen molar-refractivity contribution in [2.24, 2.45) is 0 Å². The number of fused-ring (bicyclic) bond motifs is 1. The van der Waals surface area contributed by atoms with Gasteiger partial charge in [0.15, 0.2) is 11.2 Å². The lowest BCUT2D eigenvalue weighted by Crippen LogP contribution is -2.03. The Morgan fingerprint density at radius 1 is 1.15 bits per heavy atom. The predicted octanol–water partition coefficient (Wildman–Crippen LogP) is 2.14. The lowest BCUT2D eigenvalue weighted by atomic mass is 10.2. The second-order valence-corrected chi connectivity index (χ2v) is 5.74. The summed E-state index contributed by atoms with van der Waals surface area (Å²) in [5, 5.41) is 29.6. The Morgan fingerprint density at radius 3 is 2.81 bits per heavy atom. The number of rotatable bonds is 5. The third-order valence-electron chi connectivity index (χ3n) is 3.90. The van der Waals surface area contributed by atoms with Crippen LogP contribution >= 0.6 is 0 Å². The van der Waals surface area contributed by atoms with Gasteiger partial charge >= 0.3 is 5.97 Å². The third kappa shape index (κ3) is 3.31. The largest absolute Gasteiger partial charge is 0.478 e. The average Bonchev–Trinajstić information content (AvgIpc) is 3.11. The monoisotopic (exact) mass is 362 g/mol. The van der Waals surface area contributed by atoms with Crippen LogP contribution in [-0.2, 0) is 6.61 Å². The number of aliphatic hydroxyl groups excluding tert-OH is 1. The van der Waals surface area contributed by atoms with Gasteiger partial charge in [-0.3, -0.25) is 0 Å². The van der Waals surface area contributed by atoms with Gasteiger partial charge in [0, 0.05) is 5.69 Å². The molecule has 0 aliphatic carbocycles. The van der Waals surface area contributed by atoms with Crippen LogP contribution in [0.4, 0.5) is 11.6 Å². The Balaban J connectivity index is 1.71. The average molecular weight is 362 g/mol. The van der Waals surface area contributed by atoms with Crippen molar-refractivity contribution in [3.63, 3.8) is 0 Å². The highest BCUT2D eigenvalue weighted by Gasteiger charge is 2.11. The van der Waals surface area contributed by atoms with Gasteiger partial charge in [-0.05, 0) is 35.9 Å². The van der Waals surface area contributed by atoms with Crippen molar-refractivity contribution >= 4 is 28.8 Å². The highest BCUT2D eigenvalue weighted by atomic mass is 16.4. The van der Waals surface area contributed by atoms with Crippen molar-refractivity contribution in [2.45, 2.75) is 6.61 Å². The summed E-state index contributed by atoms with van der Waals surface area (Å²) < 4.78 is 1.55. The number of aromatic nitrogens is 5. The molecule has 0 unspecified atom stereocenters.